The molecule has 0 spiro atoms. The molecule has 22 heavy (non-hydrogen) atoms. The quantitative estimate of drug-likeness (QED) is 0.767. The fourth-order valence-corrected chi connectivity index (χ4v) is 2.76. The smallest absolute Gasteiger partial charge is 0.413 e. The second-order valence-electron chi connectivity index (χ2n) is 4.30. The van der Waals surface area contributed by atoms with Crippen molar-refractivity contribution in [2.75, 3.05) is 12.4 Å². The Labute approximate surface area is 131 Å². The number of anilines is 1. The minimum absolute atomic E-state index is 0. The number of hydrogen-bond donors (Lipinski definition) is 2. The first-order chi connectivity index (χ1) is 10.2. The summed E-state index contributed by atoms with van der Waals surface area (Å²) in [4.78, 5) is 20.8. The summed E-state index contributed by atoms with van der Waals surface area (Å²) >= 11 is 1.67. The number of nitrogens with one attached hydrogen (secondary N) is 2. The highest BCUT2D eigenvalue weighted by molar-refractivity contribution is 7.99. The van der Waals surface area contributed by atoms with Gasteiger partial charge >= 0.3 is 6.09 Å². The van der Waals surface area contributed by atoms with Gasteiger partial charge in [-0.15, -0.1) is 0 Å². The van der Waals surface area contributed by atoms with Gasteiger partial charge in [0.1, 0.15) is 0 Å². The van der Waals surface area contributed by atoms with Gasteiger partial charge in [-0.3, -0.25) is 5.32 Å². The van der Waals surface area contributed by atoms with Crippen LogP contribution in [0.2, 0.25) is 0 Å². The third-order valence-corrected chi connectivity index (χ3v) is 3.84. The predicted octanol–water partition coefficient (Wildman–Crippen LogP) is 3.72. The molecule has 3 N–H and O–H groups in total. The van der Waals surface area contributed by atoms with Gasteiger partial charge < -0.3 is 15.2 Å². The van der Waals surface area contributed by atoms with E-state index in [4.69, 9.17) is 0 Å². The van der Waals surface area contributed by atoms with Crippen molar-refractivity contribution in [1.29, 1.82) is 0 Å². The molecule has 7 heteroatoms. The van der Waals surface area contributed by atoms with Crippen molar-refractivity contribution in [3.63, 3.8) is 0 Å². The average molecular weight is 316 g/mol. The van der Waals surface area contributed by atoms with Gasteiger partial charge in [-0.05, 0) is 30.3 Å². The van der Waals surface area contributed by atoms with Crippen molar-refractivity contribution in [1.82, 2.24) is 9.97 Å². The Morgan fingerprint density at radius 3 is 2.68 bits per heavy atom. The highest BCUT2D eigenvalue weighted by Crippen LogP contribution is 2.29. The van der Waals surface area contributed by atoms with Crippen LogP contribution in [0.15, 0.2) is 58.3 Å². The van der Waals surface area contributed by atoms with E-state index in [9.17, 15) is 4.79 Å². The van der Waals surface area contributed by atoms with Crippen LogP contribution in [0, 0.1) is 0 Å². The van der Waals surface area contributed by atoms with Crippen molar-refractivity contribution >= 4 is 34.8 Å². The van der Waals surface area contributed by atoms with Crippen LogP contribution in [0.4, 0.5) is 10.7 Å². The highest BCUT2D eigenvalue weighted by atomic mass is 32.2. The second kappa shape index (κ2) is 6.97. The summed E-state index contributed by atoms with van der Waals surface area (Å²) in [6, 6.07) is 16.1. The first kappa shape index (κ1) is 15.9. The summed E-state index contributed by atoms with van der Waals surface area (Å²) in [5, 5.41) is 2.52. The molecule has 6 nitrogen and oxygen atoms in total. The Hall–Kier alpha value is -2.51. The van der Waals surface area contributed by atoms with Gasteiger partial charge in [-0.2, -0.15) is 0 Å². The van der Waals surface area contributed by atoms with Gasteiger partial charge in [0.25, 0.3) is 0 Å². The summed E-state index contributed by atoms with van der Waals surface area (Å²) in [7, 11) is 1.31. The molecular formula is C15H14N3O3S-. The van der Waals surface area contributed by atoms with E-state index >= 15 is 0 Å². The molecule has 3 rings (SSSR count). The average Bonchev–Trinajstić information content (AvgIpc) is 2.89. The molecule has 1 heterocycles. The SMILES string of the molecule is COC(=O)Nc1nc2ccc(Sc3ccccc3)cc2[nH]1.[OH-]. The third-order valence-electron chi connectivity index (χ3n) is 2.84. The molecule has 0 unspecified atom stereocenters. The fraction of sp³-hybridized carbons (Fsp3) is 0.0667. The van der Waals surface area contributed by atoms with E-state index < -0.39 is 6.09 Å². The number of carbonyl (C=O) groups is 1. The number of ether oxygens (including phenoxy) is 1. The molecule has 0 atom stereocenters. The van der Waals surface area contributed by atoms with Crippen molar-refractivity contribution in [3.8, 4) is 0 Å². The van der Waals surface area contributed by atoms with E-state index in [0.29, 0.717) is 5.95 Å². The van der Waals surface area contributed by atoms with E-state index in [1.54, 1.807) is 11.8 Å². The highest BCUT2D eigenvalue weighted by Gasteiger charge is 2.07. The van der Waals surface area contributed by atoms with E-state index in [2.05, 4.69) is 32.2 Å². The minimum Gasteiger partial charge on any atom is -0.870 e. The van der Waals surface area contributed by atoms with Crippen LogP contribution in [0.5, 0.6) is 0 Å². The predicted molar refractivity (Wildman–Crippen MR) is 84.6 cm³/mol. The van der Waals surface area contributed by atoms with Crippen molar-refractivity contribution in [2.24, 2.45) is 0 Å². The topological polar surface area (TPSA) is 97.0 Å². The van der Waals surface area contributed by atoms with Gasteiger partial charge in [-0.1, -0.05) is 30.0 Å². The summed E-state index contributed by atoms with van der Waals surface area (Å²) < 4.78 is 4.54. The number of aromatic amines is 1. The zero-order valence-electron chi connectivity index (χ0n) is 11.7. The standard InChI is InChI=1S/C15H13N3O2S.H2O/c1-20-15(19)18-14-16-12-8-7-11(9-13(12)17-14)21-10-5-3-2-4-6-10;/h2-9H,1H3,(H2,16,17,18,19);1H2/p-1. The summed E-state index contributed by atoms with van der Waals surface area (Å²) in [5.74, 6) is 0.374. The van der Waals surface area contributed by atoms with E-state index in [1.165, 1.54) is 12.0 Å². The first-order valence-electron chi connectivity index (χ1n) is 6.32. The second-order valence-corrected chi connectivity index (χ2v) is 5.44. The van der Waals surface area contributed by atoms with Crippen molar-refractivity contribution in [3.05, 3.63) is 48.5 Å². The van der Waals surface area contributed by atoms with Gasteiger partial charge in [0, 0.05) is 9.79 Å². The minimum atomic E-state index is -0.548. The maximum atomic E-state index is 11.2. The normalized spacial score (nSPS) is 10.0. The molecule has 0 saturated heterocycles. The Bertz CT molecular complexity index is 774. The molecule has 114 valence electrons. The van der Waals surface area contributed by atoms with Crippen LogP contribution in [0.3, 0.4) is 0 Å². The molecule has 0 aliphatic rings. The Morgan fingerprint density at radius 1 is 1.18 bits per heavy atom. The van der Waals surface area contributed by atoms with Crippen molar-refractivity contribution < 1.29 is 15.0 Å². The first-order valence-corrected chi connectivity index (χ1v) is 7.14. The maximum absolute atomic E-state index is 11.2. The number of rotatable bonds is 3. The third kappa shape index (κ3) is 3.57. The lowest BCUT2D eigenvalue weighted by atomic mass is 10.3. The van der Waals surface area contributed by atoms with Gasteiger partial charge in [0.15, 0.2) is 0 Å². The van der Waals surface area contributed by atoms with Crippen LogP contribution in [-0.4, -0.2) is 28.6 Å². The molecule has 0 bridgehead atoms. The fourth-order valence-electron chi connectivity index (χ4n) is 1.88. The van der Waals surface area contributed by atoms with Crippen LogP contribution in [-0.2, 0) is 4.74 Å². The number of fused-ring (bicyclic) bond motifs is 1. The van der Waals surface area contributed by atoms with Crippen LogP contribution in [0.25, 0.3) is 11.0 Å². The lowest BCUT2D eigenvalue weighted by Gasteiger charge is -2.00. The lowest BCUT2D eigenvalue weighted by molar-refractivity contribution is 0.186. The van der Waals surface area contributed by atoms with Crippen LogP contribution < -0.4 is 5.32 Å². The number of nitrogens with zero attached hydrogens (tertiary/aromatic N) is 1. The molecule has 3 aromatic rings. The summed E-state index contributed by atoms with van der Waals surface area (Å²) in [6.07, 6.45) is -0.548. The molecule has 1 aromatic heterocycles. The van der Waals surface area contributed by atoms with Crippen molar-refractivity contribution in [2.45, 2.75) is 9.79 Å². The number of aromatic nitrogens is 2. The van der Waals surface area contributed by atoms with Crippen LogP contribution in [0.1, 0.15) is 0 Å². The molecular weight excluding hydrogens is 302 g/mol. The van der Waals surface area contributed by atoms with E-state index in [-0.39, 0.29) is 5.48 Å². The molecule has 0 aliphatic heterocycles. The Morgan fingerprint density at radius 2 is 1.95 bits per heavy atom. The number of carbonyl (C=O) groups excluding carboxylic acids is 1. The van der Waals surface area contributed by atoms with Gasteiger partial charge in [-0.25, -0.2) is 9.78 Å². The largest absolute Gasteiger partial charge is 0.870 e. The Balaban J connectivity index is 0.00000176. The van der Waals surface area contributed by atoms with Gasteiger partial charge in [0.05, 0.1) is 18.1 Å². The van der Waals surface area contributed by atoms with E-state index in [0.717, 1.165) is 15.9 Å². The zero-order valence-corrected chi connectivity index (χ0v) is 12.6. The molecule has 0 fully saturated rings. The number of methoxy groups -OCH3 is 1. The monoisotopic (exact) mass is 316 g/mol. The molecule has 0 aliphatic carbocycles. The zero-order chi connectivity index (χ0) is 14.7. The molecule has 0 saturated carbocycles. The van der Waals surface area contributed by atoms with Gasteiger partial charge in [0.2, 0.25) is 5.95 Å². The number of imidazole rings is 1. The number of benzene rings is 2. The molecule has 1 amide bonds. The lowest BCUT2D eigenvalue weighted by Crippen LogP contribution is -2.11. The summed E-state index contributed by atoms with van der Waals surface area (Å²) in [6.45, 7) is 0. The summed E-state index contributed by atoms with van der Waals surface area (Å²) in [5.41, 5.74) is 1.65. The van der Waals surface area contributed by atoms with Crippen LogP contribution >= 0.6 is 11.8 Å². The number of hydrogen-bond acceptors (Lipinski definition) is 5. The number of amides is 1. The maximum Gasteiger partial charge on any atom is 0.413 e. The Kier molecular flexibility index (Phi) is 5.03. The molecule has 2 aromatic carbocycles. The van der Waals surface area contributed by atoms with E-state index in [1.807, 2.05) is 36.4 Å². The molecule has 0 radical (unpaired) electrons. The number of H-pyrrole nitrogens is 1.